The Hall–Kier alpha value is -4.38. The van der Waals surface area contributed by atoms with Gasteiger partial charge < -0.3 is 24.1 Å². The SMILES string of the molecule is CCCOc1cccc(C(O)=C2C(=O)C(=O)N(c3nc(C)c(C(=O)OCC)s3)C2c2ccc(OCC)c(OC)c2)c1. The van der Waals surface area contributed by atoms with Crippen LogP contribution in [0.1, 0.15) is 59.7 Å². The smallest absolute Gasteiger partial charge is 0.350 e. The molecule has 1 aliphatic heterocycles. The van der Waals surface area contributed by atoms with Gasteiger partial charge in [0.2, 0.25) is 0 Å². The number of methoxy groups -OCH3 is 1. The molecule has 1 N–H and O–H groups in total. The van der Waals surface area contributed by atoms with Gasteiger partial charge in [0.15, 0.2) is 16.6 Å². The molecule has 11 heteroatoms. The van der Waals surface area contributed by atoms with Gasteiger partial charge in [-0.1, -0.05) is 36.5 Å². The Bertz CT molecular complexity index is 1500. The van der Waals surface area contributed by atoms with Crippen LogP contribution in [0.25, 0.3) is 5.76 Å². The van der Waals surface area contributed by atoms with Crippen LogP contribution < -0.4 is 19.1 Å². The molecule has 3 aromatic rings. The lowest BCUT2D eigenvalue weighted by Gasteiger charge is -2.24. The maximum atomic E-state index is 13.6. The van der Waals surface area contributed by atoms with Crippen LogP contribution in [-0.2, 0) is 14.3 Å². The third kappa shape index (κ3) is 5.90. The van der Waals surface area contributed by atoms with Gasteiger partial charge >= 0.3 is 11.9 Å². The van der Waals surface area contributed by atoms with Crippen LogP contribution in [0.5, 0.6) is 17.2 Å². The summed E-state index contributed by atoms with van der Waals surface area (Å²) in [6, 6.07) is 10.6. The fourth-order valence-corrected chi connectivity index (χ4v) is 5.44. The van der Waals surface area contributed by atoms with Crippen molar-refractivity contribution in [2.24, 2.45) is 0 Å². The van der Waals surface area contributed by atoms with E-state index in [1.807, 2.05) is 13.8 Å². The summed E-state index contributed by atoms with van der Waals surface area (Å²) in [5.74, 6) is -1.37. The van der Waals surface area contributed by atoms with E-state index in [1.165, 1.54) is 12.0 Å². The highest BCUT2D eigenvalue weighted by Crippen LogP contribution is 2.45. The van der Waals surface area contributed by atoms with E-state index in [1.54, 1.807) is 56.3 Å². The minimum absolute atomic E-state index is 0.115. The molecule has 0 saturated carbocycles. The average Bonchev–Trinajstić information content (AvgIpc) is 3.48. The van der Waals surface area contributed by atoms with Gasteiger partial charge in [-0.15, -0.1) is 0 Å². The summed E-state index contributed by atoms with van der Waals surface area (Å²) >= 11 is 0.938. The molecule has 1 fully saturated rings. The highest BCUT2D eigenvalue weighted by molar-refractivity contribution is 7.17. The summed E-state index contributed by atoms with van der Waals surface area (Å²) in [7, 11) is 1.48. The number of Topliss-reactive ketones (excluding diaryl/α,β-unsaturated/α-hetero) is 1. The first kappa shape index (κ1) is 29.6. The summed E-state index contributed by atoms with van der Waals surface area (Å²) in [4.78, 5) is 45.6. The number of carbonyl (C=O) groups is 3. The Balaban J connectivity index is 1.92. The predicted octanol–water partition coefficient (Wildman–Crippen LogP) is 5.45. The lowest BCUT2D eigenvalue weighted by atomic mass is 9.95. The predicted molar refractivity (Wildman–Crippen MR) is 154 cm³/mol. The Morgan fingerprint density at radius 3 is 2.51 bits per heavy atom. The number of ketones is 1. The lowest BCUT2D eigenvalue weighted by Crippen LogP contribution is -2.29. The van der Waals surface area contributed by atoms with E-state index in [4.69, 9.17) is 18.9 Å². The molecule has 1 aromatic heterocycles. The van der Waals surface area contributed by atoms with Crippen molar-refractivity contribution in [2.75, 3.05) is 31.8 Å². The summed E-state index contributed by atoms with van der Waals surface area (Å²) in [5.41, 5.74) is 0.991. The van der Waals surface area contributed by atoms with Gasteiger partial charge in [0.1, 0.15) is 16.4 Å². The maximum Gasteiger partial charge on any atom is 0.350 e. The molecule has 10 nitrogen and oxygen atoms in total. The number of hydrogen-bond acceptors (Lipinski definition) is 10. The van der Waals surface area contributed by atoms with E-state index >= 15 is 0 Å². The fraction of sp³-hybridized carbons (Fsp3) is 0.333. The first-order valence-electron chi connectivity index (χ1n) is 13.2. The highest BCUT2D eigenvalue weighted by atomic mass is 32.1. The highest BCUT2D eigenvalue weighted by Gasteiger charge is 2.48. The Kier molecular flexibility index (Phi) is 9.28. The minimum atomic E-state index is -1.08. The fourth-order valence-electron chi connectivity index (χ4n) is 4.45. The number of hydrogen-bond donors (Lipinski definition) is 1. The number of carbonyl (C=O) groups excluding carboxylic acids is 3. The summed E-state index contributed by atoms with van der Waals surface area (Å²) < 4.78 is 22.0. The van der Waals surface area contributed by atoms with E-state index in [-0.39, 0.29) is 27.9 Å². The number of aliphatic hydroxyl groups excluding tert-OH is 1. The number of thiazole rings is 1. The van der Waals surface area contributed by atoms with Crippen molar-refractivity contribution < 1.29 is 38.4 Å². The second kappa shape index (κ2) is 12.9. The molecule has 1 amide bonds. The summed E-state index contributed by atoms with van der Waals surface area (Å²) in [5, 5.41) is 11.6. The molecule has 1 aliphatic rings. The van der Waals surface area contributed by atoms with Crippen molar-refractivity contribution in [3.05, 3.63) is 69.7 Å². The molecule has 2 heterocycles. The molecular formula is C30H32N2O8S. The number of aliphatic hydroxyl groups is 1. The lowest BCUT2D eigenvalue weighted by molar-refractivity contribution is -0.132. The van der Waals surface area contributed by atoms with Crippen molar-refractivity contribution in [3.8, 4) is 17.2 Å². The number of aromatic nitrogens is 1. The van der Waals surface area contributed by atoms with Crippen LogP contribution in [0.2, 0.25) is 0 Å². The molecule has 2 aromatic carbocycles. The van der Waals surface area contributed by atoms with Gasteiger partial charge in [-0.2, -0.15) is 0 Å². The Morgan fingerprint density at radius 2 is 1.83 bits per heavy atom. The summed E-state index contributed by atoms with van der Waals surface area (Å²) in [6.07, 6.45) is 0.794. The third-order valence-corrected chi connectivity index (χ3v) is 7.42. The first-order valence-corrected chi connectivity index (χ1v) is 14.1. The molecule has 216 valence electrons. The standard InChI is InChI=1S/C30H32N2O8S/c1-6-14-40-20-11-9-10-19(15-20)25(33)23-24(18-12-13-21(38-7-2)22(16-18)37-5)32(28(35)26(23)34)30-31-17(4)27(41-30)29(36)39-8-3/h9-13,15-16,24,33H,6-8,14H2,1-5H3. The third-order valence-electron chi connectivity index (χ3n) is 6.28. The maximum absolute atomic E-state index is 13.6. The van der Waals surface area contributed by atoms with Gasteiger partial charge in [0.25, 0.3) is 5.78 Å². The van der Waals surface area contributed by atoms with E-state index in [0.717, 1.165) is 17.8 Å². The zero-order valence-electron chi connectivity index (χ0n) is 23.6. The van der Waals surface area contributed by atoms with Gasteiger partial charge in [0, 0.05) is 5.56 Å². The zero-order chi connectivity index (χ0) is 29.7. The van der Waals surface area contributed by atoms with Gasteiger partial charge in [-0.25, -0.2) is 9.78 Å². The van der Waals surface area contributed by atoms with Crippen molar-refractivity contribution >= 4 is 39.9 Å². The average molecular weight is 581 g/mol. The van der Waals surface area contributed by atoms with Gasteiger partial charge in [0.05, 0.1) is 44.2 Å². The second-order valence-corrected chi connectivity index (χ2v) is 10.00. The van der Waals surface area contributed by atoms with Crippen LogP contribution in [0.4, 0.5) is 5.13 Å². The number of rotatable bonds is 11. The zero-order valence-corrected chi connectivity index (χ0v) is 24.4. The number of benzene rings is 2. The van der Waals surface area contributed by atoms with Crippen molar-refractivity contribution in [3.63, 3.8) is 0 Å². The van der Waals surface area contributed by atoms with E-state index in [9.17, 15) is 19.5 Å². The molecule has 0 bridgehead atoms. The Morgan fingerprint density at radius 1 is 1.05 bits per heavy atom. The van der Waals surface area contributed by atoms with Crippen molar-refractivity contribution in [1.82, 2.24) is 4.98 Å². The van der Waals surface area contributed by atoms with E-state index < -0.39 is 23.7 Å². The quantitative estimate of drug-likeness (QED) is 0.136. The number of esters is 1. The summed E-state index contributed by atoms with van der Waals surface area (Å²) in [6.45, 7) is 8.18. The second-order valence-electron chi connectivity index (χ2n) is 9.02. The molecule has 41 heavy (non-hydrogen) atoms. The van der Waals surface area contributed by atoms with Crippen LogP contribution in [0.15, 0.2) is 48.0 Å². The van der Waals surface area contributed by atoms with Crippen LogP contribution >= 0.6 is 11.3 Å². The monoisotopic (exact) mass is 580 g/mol. The molecule has 4 rings (SSSR count). The minimum Gasteiger partial charge on any atom is -0.507 e. The van der Waals surface area contributed by atoms with Gasteiger partial charge in [-0.3, -0.25) is 14.5 Å². The van der Waals surface area contributed by atoms with Gasteiger partial charge in [-0.05, 0) is 57.0 Å². The first-order chi connectivity index (χ1) is 19.7. The molecule has 0 aliphatic carbocycles. The largest absolute Gasteiger partial charge is 0.507 e. The van der Waals surface area contributed by atoms with E-state index in [2.05, 4.69) is 4.98 Å². The molecule has 1 saturated heterocycles. The normalized spacial score (nSPS) is 16.1. The topological polar surface area (TPSA) is 124 Å². The van der Waals surface area contributed by atoms with Crippen molar-refractivity contribution in [1.29, 1.82) is 0 Å². The number of ether oxygens (including phenoxy) is 4. The molecule has 1 atom stereocenters. The van der Waals surface area contributed by atoms with Crippen LogP contribution in [0.3, 0.4) is 0 Å². The molecule has 0 spiro atoms. The number of aryl methyl sites for hydroxylation is 1. The number of amides is 1. The number of nitrogens with zero attached hydrogens (tertiary/aromatic N) is 2. The van der Waals surface area contributed by atoms with Crippen molar-refractivity contribution in [2.45, 2.75) is 40.2 Å². The molecular weight excluding hydrogens is 548 g/mol. The molecule has 1 unspecified atom stereocenters. The van der Waals surface area contributed by atoms with Crippen LogP contribution in [-0.4, -0.2) is 54.7 Å². The van der Waals surface area contributed by atoms with Crippen LogP contribution in [0, 0.1) is 6.92 Å². The Labute approximate surface area is 242 Å². The number of anilines is 1. The molecule has 0 radical (unpaired) electrons. The van der Waals surface area contributed by atoms with E-state index in [0.29, 0.717) is 47.3 Å².